The first-order valence-electron chi connectivity index (χ1n) is 8.53. The third-order valence-electron chi connectivity index (χ3n) is 3.91. The number of hydrogen-bond donors (Lipinski definition) is 2. The molecule has 0 rings (SSSR count). The summed E-state index contributed by atoms with van der Waals surface area (Å²) < 4.78 is 30.6. The zero-order chi connectivity index (χ0) is 16.8. The molecule has 0 heterocycles. The van der Waals surface area contributed by atoms with Crippen molar-refractivity contribution in [2.45, 2.75) is 89.2 Å². The molecule has 5 nitrogen and oxygen atoms in total. The van der Waals surface area contributed by atoms with E-state index in [1.807, 2.05) is 0 Å². The molecule has 0 aliphatic rings. The van der Waals surface area contributed by atoms with Gasteiger partial charge in [0, 0.05) is 6.42 Å². The van der Waals surface area contributed by atoms with Gasteiger partial charge in [-0.2, -0.15) is 8.42 Å². The Morgan fingerprint density at radius 2 is 1.27 bits per heavy atom. The van der Waals surface area contributed by atoms with Gasteiger partial charge in [0.05, 0.1) is 6.61 Å². The van der Waals surface area contributed by atoms with Gasteiger partial charge in [0.1, 0.15) is 0 Å². The molecule has 0 unspecified atom stereocenters. The van der Waals surface area contributed by atoms with Crippen LogP contribution >= 0.6 is 0 Å². The number of aliphatic hydroxyl groups is 1. The van der Waals surface area contributed by atoms with Gasteiger partial charge in [0.25, 0.3) is 10.1 Å². The normalized spacial score (nSPS) is 13.2. The summed E-state index contributed by atoms with van der Waals surface area (Å²) in [6.45, 7) is 1.36. The van der Waals surface area contributed by atoms with Gasteiger partial charge in [-0.25, -0.2) is 0 Å². The fraction of sp³-hybridized carbons (Fsp3) is 0.938. The molecule has 0 aromatic heterocycles. The molecule has 2 N–H and O–H groups in total. The van der Waals surface area contributed by atoms with E-state index in [1.54, 1.807) is 0 Å². The molecule has 0 spiro atoms. The first-order chi connectivity index (χ1) is 10.4. The Hall–Kier alpha value is -0.460. The van der Waals surface area contributed by atoms with Crippen LogP contribution < -0.4 is 0 Å². The molecule has 6 heteroatoms. The predicted octanol–water partition coefficient (Wildman–Crippen LogP) is 3.51. The summed E-state index contributed by atoms with van der Waals surface area (Å²) in [4.78, 5) is 11.6. The minimum Gasteiger partial charge on any atom is -0.394 e. The number of unbranched alkanes of at least 4 members (excludes halogenated alkanes) is 10. The number of carbonyl (C=O) groups is 1. The van der Waals surface area contributed by atoms with Crippen molar-refractivity contribution in [3.63, 3.8) is 0 Å². The van der Waals surface area contributed by atoms with E-state index in [1.165, 1.54) is 44.9 Å². The van der Waals surface area contributed by atoms with Crippen LogP contribution in [0, 0.1) is 0 Å². The third-order valence-corrected chi connectivity index (χ3v) is 5.04. The highest BCUT2D eigenvalue weighted by Gasteiger charge is 2.29. The van der Waals surface area contributed by atoms with Crippen LogP contribution in [-0.4, -0.2) is 35.7 Å². The monoisotopic (exact) mass is 336 g/mol. The maximum Gasteiger partial charge on any atom is 0.277 e. The molecular weight excluding hydrogens is 304 g/mol. The van der Waals surface area contributed by atoms with E-state index in [-0.39, 0.29) is 6.42 Å². The second-order valence-corrected chi connectivity index (χ2v) is 7.54. The van der Waals surface area contributed by atoms with Crippen LogP contribution in [0.2, 0.25) is 0 Å². The van der Waals surface area contributed by atoms with Gasteiger partial charge in [-0.15, -0.1) is 0 Å². The van der Waals surface area contributed by atoms with Crippen molar-refractivity contribution in [3.8, 4) is 0 Å². The molecule has 22 heavy (non-hydrogen) atoms. The summed E-state index contributed by atoms with van der Waals surface area (Å²) in [5.74, 6) is -0.596. The molecule has 0 aliphatic carbocycles. The SMILES string of the molecule is CCCCCCCCCCCCCC(=O)[C@@H](CO)S(=O)(=O)O. The first-order valence-corrected chi connectivity index (χ1v) is 10.0. The molecule has 1 atom stereocenters. The van der Waals surface area contributed by atoms with Gasteiger partial charge in [0.2, 0.25) is 0 Å². The molecule has 0 amide bonds. The van der Waals surface area contributed by atoms with Crippen LogP contribution in [0.25, 0.3) is 0 Å². The van der Waals surface area contributed by atoms with Crippen LogP contribution in [0.1, 0.15) is 84.0 Å². The molecule has 0 fully saturated rings. The lowest BCUT2D eigenvalue weighted by molar-refractivity contribution is -0.119. The Bertz CT molecular complexity index is 378. The molecule has 132 valence electrons. The number of ketones is 1. The van der Waals surface area contributed by atoms with Gasteiger partial charge < -0.3 is 5.11 Å². The number of hydrogen-bond acceptors (Lipinski definition) is 4. The molecular formula is C16H32O5S. The Labute approximate surface area is 135 Å². The average molecular weight is 336 g/mol. The fourth-order valence-corrected chi connectivity index (χ4v) is 3.13. The summed E-state index contributed by atoms with van der Waals surface area (Å²) in [5.41, 5.74) is 0. The van der Waals surface area contributed by atoms with Crippen LogP contribution in [-0.2, 0) is 14.9 Å². The molecule has 0 saturated heterocycles. The van der Waals surface area contributed by atoms with Gasteiger partial charge in [-0.05, 0) is 6.42 Å². The lowest BCUT2D eigenvalue weighted by Gasteiger charge is -2.09. The summed E-state index contributed by atoms with van der Waals surface area (Å²) in [7, 11) is -4.48. The van der Waals surface area contributed by atoms with Crippen molar-refractivity contribution in [1.29, 1.82) is 0 Å². The molecule has 0 aromatic carbocycles. The van der Waals surface area contributed by atoms with E-state index in [9.17, 15) is 13.2 Å². The lowest BCUT2D eigenvalue weighted by atomic mass is 10.0. The van der Waals surface area contributed by atoms with Crippen molar-refractivity contribution < 1.29 is 22.9 Å². The zero-order valence-corrected chi connectivity index (χ0v) is 14.6. The van der Waals surface area contributed by atoms with Gasteiger partial charge in [0.15, 0.2) is 11.0 Å². The highest BCUT2D eigenvalue weighted by Crippen LogP contribution is 2.13. The zero-order valence-electron chi connectivity index (χ0n) is 13.8. The third kappa shape index (κ3) is 11.2. The fourth-order valence-electron chi connectivity index (χ4n) is 2.49. The lowest BCUT2D eigenvalue weighted by Crippen LogP contribution is -2.33. The highest BCUT2D eigenvalue weighted by molar-refractivity contribution is 7.87. The Morgan fingerprint density at radius 3 is 1.64 bits per heavy atom. The number of aliphatic hydroxyl groups excluding tert-OH is 1. The molecule has 0 saturated carbocycles. The number of carbonyl (C=O) groups excluding carboxylic acids is 1. The summed E-state index contributed by atoms with van der Waals surface area (Å²) in [6.07, 6.45) is 12.8. The van der Waals surface area contributed by atoms with E-state index in [2.05, 4.69) is 6.92 Å². The standard InChI is InChI=1S/C16H32O5S/c1-2-3-4-5-6-7-8-9-10-11-12-13-15(18)16(14-17)22(19,20)21/h16-17H,2-14H2,1H3,(H,19,20,21)/t16-/m1/s1. The van der Waals surface area contributed by atoms with Gasteiger partial charge in [-0.3, -0.25) is 9.35 Å². The second kappa shape index (κ2) is 13.0. The average Bonchev–Trinajstić information content (AvgIpc) is 2.44. The highest BCUT2D eigenvalue weighted by atomic mass is 32.2. The largest absolute Gasteiger partial charge is 0.394 e. The van der Waals surface area contributed by atoms with Gasteiger partial charge in [-0.1, -0.05) is 71.1 Å². The molecule has 0 bridgehead atoms. The van der Waals surface area contributed by atoms with Crippen LogP contribution in [0.3, 0.4) is 0 Å². The maximum atomic E-state index is 11.6. The van der Waals surface area contributed by atoms with Crippen molar-refractivity contribution in [2.24, 2.45) is 0 Å². The summed E-state index contributed by atoms with van der Waals surface area (Å²) in [6, 6.07) is 0. The minimum absolute atomic E-state index is 0.0992. The molecule has 0 aliphatic heterocycles. The Balaban J connectivity index is 3.52. The van der Waals surface area contributed by atoms with Crippen molar-refractivity contribution >= 4 is 15.9 Å². The van der Waals surface area contributed by atoms with Gasteiger partial charge >= 0.3 is 0 Å². The van der Waals surface area contributed by atoms with E-state index in [4.69, 9.17) is 9.66 Å². The van der Waals surface area contributed by atoms with Crippen LogP contribution in [0.4, 0.5) is 0 Å². The van der Waals surface area contributed by atoms with Crippen molar-refractivity contribution in [2.75, 3.05) is 6.61 Å². The quantitative estimate of drug-likeness (QED) is 0.353. The summed E-state index contributed by atoms with van der Waals surface area (Å²) in [5, 5.41) is 7.18. The van der Waals surface area contributed by atoms with Crippen LogP contribution in [0.15, 0.2) is 0 Å². The predicted molar refractivity (Wildman–Crippen MR) is 88.5 cm³/mol. The van der Waals surface area contributed by atoms with Crippen molar-refractivity contribution in [1.82, 2.24) is 0 Å². The van der Waals surface area contributed by atoms with Crippen LogP contribution in [0.5, 0.6) is 0 Å². The first kappa shape index (κ1) is 21.5. The number of rotatable bonds is 15. The van der Waals surface area contributed by atoms with E-state index < -0.39 is 27.8 Å². The summed E-state index contributed by atoms with van der Waals surface area (Å²) >= 11 is 0. The molecule has 0 radical (unpaired) electrons. The van der Waals surface area contributed by atoms with Crippen molar-refractivity contribution in [3.05, 3.63) is 0 Å². The molecule has 0 aromatic rings. The van der Waals surface area contributed by atoms with E-state index in [0.29, 0.717) is 6.42 Å². The second-order valence-electron chi connectivity index (χ2n) is 5.94. The topological polar surface area (TPSA) is 91.7 Å². The Morgan fingerprint density at radius 1 is 0.864 bits per heavy atom. The minimum atomic E-state index is -4.48. The van der Waals surface area contributed by atoms with E-state index >= 15 is 0 Å². The Kier molecular flexibility index (Phi) is 12.8. The smallest absolute Gasteiger partial charge is 0.277 e. The number of Topliss-reactive ketones (excluding diaryl/α,β-unsaturated/α-hetero) is 1. The maximum absolute atomic E-state index is 11.6. The van der Waals surface area contributed by atoms with E-state index in [0.717, 1.165) is 19.3 Å².